The average Bonchev–Trinajstić information content (AvgIpc) is 2.89. The van der Waals surface area contributed by atoms with Gasteiger partial charge in [0, 0.05) is 19.2 Å². The molecule has 0 radical (unpaired) electrons. The molecule has 0 aliphatic carbocycles. The number of hydrogen-bond donors (Lipinski definition) is 1. The standard InChI is InChI=1S/C15H17F2NO2/c16-13-7-12(8-14(17)9-13)10-18-4-2-5-19-11-15-3-1-6-20-15/h1,3,6-9,18H,2,4-5,10-11H2. The Morgan fingerprint density at radius 1 is 1.15 bits per heavy atom. The summed E-state index contributed by atoms with van der Waals surface area (Å²) in [5, 5.41) is 3.11. The van der Waals surface area contributed by atoms with Crippen LogP contribution in [0.25, 0.3) is 0 Å². The molecule has 0 spiro atoms. The molecule has 0 aliphatic heterocycles. The molecule has 1 N–H and O–H groups in total. The van der Waals surface area contributed by atoms with Crippen LogP contribution in [-0.2, 0) is 17.9 Å². The highest BCUT2D eigenvalue weighted by Gasteiger charge is 2.00. The van der Waals surface area contributed by atoms with E-state index in [0.717, 1.165) is 24.8 Å². The molecule has 0 unspecified atom stereocenters. The molecule has 1 aromatic heterocycles. The Labute approximate surface area is 116 Å². The highest BCUT2D eigenvalue weighted by molar-refractivity contribution is 5.17. The number of rotatable bonds is 8. The number of furan rings is 1. The van der Waals surface area contributed by atoms with E-state index in [1.54, 1.807) is 6.26 Å². The van der Waals surface area contributed by atoms with Crippen LogP contribution >= 0.6 is 0 Å². The van der Waals surface area contributed by atoms with Crippen molar-refractivity contribution in [3.05, 3.63) is 59.6 Å². The van der Waals surface area contributed by atoms with Gasteiger partial charge in [0.05, 0.1) is 6.26 Å². The maximum Gasteiger partial charge on any atom is 0.129 e. The molecule has 0 fully saturated rings. The van der Waals surface area contributed by atoms with Crippen molar-refractivity contribution in [1.82, 2.24) is 5.32 Å². The Bertz CT molecular complexity index is 494. The summed E-state index contributed by atoms with van der Waals surface area (Å²) in [6.45, 7) is 2.22. The first-order valence-corrected chi connectivity index (χ1v) is 6.50. The number of benzene rings is 1. The van der Waals surface area contributed by atoms with E-state index < -0.39 is 11.6 Å². The van der Waals surface area contributed by atoms with E-state index in [1.807, 2.05) is 12.1 Å². The second kappa shape index (κ2) is 7.77. The zero-order valence-electron chi connectivity index (χ0n) is 11.1. The van der Waals surface area contributed by atoms with E-state index in [9.17, 15) is 8.78 Å². The van der Waals surface area contributed by atoms with Crippen LogP contribution in [0.5, 0.6) is 0 Å². The van der Waals surface area contributed by atoms with E-state index >= 15 is 0 Å². The Hall–Kier alpha value is -1.72. The van der Waals surface area contributed by atoms with E-state index in [2.05, 4.69) is 5.32 Å². The van der Waals surface area contributed by atoms with E-state index in [1.165, 1.54) is 12.1 Å². The number of halogens is 2. The maximum atomic E-state index is 12.9. The summed E-state index contributed by atoms with van der Waals surface area (Å²) in [6, 6.07) is 7.19. The van der Waals surface area contributed by atoms with Gasteiger partial charge in [0.1, 0.15) is 24.0 Å². The van der Waals surface area contributed by atoms with Gasteiger partial charge < -0.3 is 14.5 Å². The first kappa shape index (κ1) is 14.7. The van der Waals surface area contributed by atoms with Crippen molar-refractivity contribution < 1.29 is 17.9 Å². The van der Waals surface area contributed by atoms with Crippen molar-refractivity contribution in [2.45, 2.75) is 19.6 Å². The minimum Gasteiger partial charge on any atom is -0.467 e. The Kier molecular flexibility index (Phi) is 5.70. The summed E-state index contributed by atoms with van der Waals surface area (Å²) >= 11 is 0. The molecule has 0 aliphatic rings. The van der Waals surface area contributed by atoms with Crippen LogP contribution < -0.4 is 5.32 Å². The molecule has 0 saturated carbocycles. The molecule has 0 saturated heterocycles. The van der Waals surface area contributed by atoms with E-state index in [-0.39, 0.29) is 0 Å². The summed E-state index contributed by atoms with van der Waals surface area (Å²) in [5.41, 5.74) is 0.596. The third kappa shape index (κ3) is 5.11. The summed E-state index contributed by atoms with van der Waals surface area (Å²) in [5.74, 6) is -0.305. The molecule has 2 aromatic rings. The number of ether oxygens (including phenoxy) is 1. The fourth-order valence-electron chi connectivity index (χ4n) is 1.81. The molecule has 1 heterocycles. The molecule has 108 valence electrons. The molecule has 0 bridgehead atoms. The Morgan fingerprint density at radius 3 is 2.65 bits per heavy atom. The van der Waals surface area contributed by atoms with Gasteiger partial charge in [0.25, 0.3) is 0 Å². The first-order valence-electron chi connectivity index (χ1n) is 6.50. The summed E-state index contributed by atoms with van der Waals surface area (Å²) in [6.07, 6.45) is 2.43. The maximum absolute atomic E-state index is 12.9. The van der Waals surface area contributed by atoms with Gasteiger partial charge >= 0.3 is 0 Å². The van der Waals surface area contributed by atoms with Crippen molar-refractivity contribution in [3.63, 3.8) is 0 Å². The smallest absolute Gasteiger partial charge is 0.129 e. The van der Waals surface area contributed by atoms with Gasteiger partial charge in [-0.15, -0.1) is 0 Å². The monoisotopic (exact) mass is 281 g/mol. The molecule has 0 atom stereocenters. The lowest BCUT2D eigenvalue weighted by atomic mass is 10.2. The van der Waals surface area contributed by atoms with Gasteiger partial charge in [0.2, 0.25) is 0 Å². The second-order valence-electron chi connectivity index (χ2n) is 4.44. The van der Waals surface area contributed by atoms with Gasteiger partial charge in [-0.05, 0) is 42.8 Å². The fourth-order valence-corrected chi connectivity index (χ4v) is 1.81. The van der Waals surface area contributed by atoms with Crippen molar-refractivity contribution in [1.29, 1.82) is 0 Å². The molecule has 20 heavy (non-hydrogen) atoms. The van der Waals surface area contributed by atoms with E-state index in [4.69, 9.17) is 9.15 Å². The lowest BCUT2D eigenvalue weighted by Gasteiger charge is -2.06. The van der Waals surface area contributed by atoms with Crippen molar-refractivity contribution in [2.24, 2.45) is 0 Å². The third-order valence-corrected chi connectivity index (χ3v) is 2.72. The zero-order chi connectivity index (χ0) is 14.2. The summed E-state index contributed by atoms with van der Waals surface area (Å²) in [7, 11) is 0. The summed E-state index contributed by atoms with van der Waals surface area (Å²) in [4.78, 5) is 0. The molecular formula is C15H17F2NO2. The number of hydrogen-bond acceptors (Lipinski definition) is 3. The third-order valence-electron chi connectivity index (χ3n) is 2.72. The van der Waals surface area contributed by atoms with Crippen LogP contribution in [-0.4, -0.2) is 13.2 Å². The van der Waals surface area contributed by atoms with Crippen molar-refractivity contribution in [2.75, 3.05) is 13.2 Å². The Morgan fingerprint density at radius 2 is 1.95 bits per heavy atom. The van der Waals surface area contributed by atoms with Crippen LogP contribution in [0.4, 0.5) is 8.78 Å². The SMILES string of the molecule is Fc1cc(F)cc(CNCCCOCc2ccco2)c1. The first-order chi connectivity index (χ1) is 9.74. The zero-order valence-corrected chi connectivity index (χ0v) is 11.1. The van der Waals surface area contributed by atoms with Crippen LogP contribution in [0.15, 0.2) is 41.0 Å². The average molecular weight is 281 g/mol. The predicted octanol–water partition coefficient (Wildman–Crippen LogP) is 3.25. The quantitative estimate of drug-likeness (QED) is 0.754. The van der Waals surface area contributed by atoms with Crippen molar-refractivity contribution in [3.8, 4) is 0 Å². The van der Waals surface area contributed by atoms with Gasteiger partial charge in [-0.3, -0.25) is 0 Å². The lowest BCUT2D eigenvalue weighted by molar-refractivity contribution is 0.104. The van der Waals surface area contributed by atoms with Crippen molar-refractivity contribution >= 4 is 0 Å². The van der Waals surface area contributed by atoms with Crippen LogP contribution in [0, 0.1) is 11.6 Å². The van der Waals surface area contributed by atoms with Gasteiger partial charge in [-0.2, -0.15) is 0 Å². The molecule has 2 rings (SSSR count). The molecular weight excluding hydrogens is 264 g/mol. The topological polar surface area (TPSA) is 34.4 Å². The van der Waals surface area contributed by atoms with Crippen LogP contribution in [0.2, 0.25) is 0 Å². The fraction of sp³-hybridized carbons (Fsp3) is 0.333. The molecule has 0 amide bonds. The highest BCUT2D eigenvalue weighted by atomic mass is 19.1. The van der Waals surface area contributed by atoms with Crippen LogP contribution in [0.3, 0.4) is 0 Å². The molecule has 5 heteroatoms. The predicted molar refractivity (Wildman–Crippen MR) is 71.0 cm³/mol. The minimum atomic E-state index is -0.552. The van der Waals surface area contributed by atoms with Gasteiger partial charge in [-0.1, -0.05) is 0 Å². The summed E-state index contributed by atoms with van der Waals surface area (Å²) < 4.78 is 36.4. The minimum absolute atomic E-state index is 0.437. The van der Waals surface area contributed by atoms with Gasteiger partial charge in [-0.25, -0.2) is 8.78 Å². The molecule has 1 aromatic carbocycles. The molecule has 3 nitrogen and oxygen atoms in total. The second-order valence-corrected chi connectivity index (χ2v) is 4.44. The largest absolute Gasteiger partial charge is 0.467 e. The lowest BCUT2D eigenvalue weighted by Crippen LogP contribution is -2.16. The normalized spacial score (nSPS) is 10.9. The van der Waals surface area contributed by atoms with Crippen LogP contribution in [0.1, 0.15) is 17.7 Å². The number of nitrogens with one attached hydrogen (secondary N) is 1. The van der Waals surface area contributed by atoms with E-state index in [0.29, 0.717) is 25.3 Å². The Balaban J connectivity index is 1.55. The highest BCUT2D eigenvalue weighted by Crippen LogP contribution is 2.07. The van der Waals surface area contributed by atoms with Gasteiger partial charge in [0.15, 0.2) is 0 Å².